The summed E-state index contributed by atoms with van der Waals surface area (Å²) < 4.78 is 32.6. The molecule has 132 valence electrons. The molecule has 1 aliphatic rings. The van der Waals surface area contributed by atoms with Gasteiger partial charge in [-0.25, -0.2) is 8.42 Å². The van der Waals surface area contributed by atoms with Crippen molar-refractivity contribution in [3.05, 3.63) is 65.7 Å². The Balaban J connectivity index is 1.98. The third kappa shape index (κ3) is 3.32. The predicted molar refractivity (Wildman–Crippen MR) is 94.4 cm³/mol. The molecule has 0 aromatic heterocycles. The maximum absolute atomic E-state index is 13.1. The van der Waals surface area contributed by atoms with Crippen LogP contribution in [0.4, 0.5) is 0 Å². The van der Waals surface area contributed by atoms with Gasteiger partial charge in [-0.2, -0.15) is 4.31 Å². The molecular formula is C19H21NO4S. The van der Waals surface area contributed by atoms with Crippen molar-refractivity contribution in [2.75, 3.05) is 6.61 Å². The molecule has 0 N–H and O–H groups in total. The van der Waals surface area contributed by atoms with Crippen LogP contribution < -0.4 is 0 Å². The molecule has 1 saturated heterocycles. The first-order valence-corrected chi connectivity index (χ1v) is 9.71. The molecule has 3 rings (SSSR count). The fourth-order valence-electron chi connectivity index (χ4n) is 3.06. The van der Waals surface area contributed by atoms with Gasteiger partial charge in [0.15, 0.2) is 0 Å². The molecule has 0 saturated carbocycles. The van der Waals surface area contributed by atoms with Gasteiger partial charge in [-0.15, -0.1) is 0 Å². The number of nitrogens with zero attached hydrogens (tertiary/aromatic N) is 1. The summed E-state index contributed by atoms with van der Waals surface area (Å²) in [5, 5.41) is 0. The Kier molecular flexibility index (Phi) is 4.92. The van der Waals surface area contributed by atoms with Gasteiger partial charge in [-0.1, -0.05) is 48.0 Å². The van der Waals surface area contributed by atoms with Crippen LogP contribution in [0.25, 0.3) is 0 Å². The van der Waals surface area contributed by atoms with Crippen molar-refractivity contribution in [3.8, 4) is 0 Å². The molecule has 5 nitrogen and oxygen atoms in total. The maximum Gasteiger partial charge on any atom is 0.324 e. The molecule has 0 bridgehead atoms. The van der Waals surface area contributed by atoms with Crippen LogP contribution >= 0.6 is 0 Å². The van der Waals surface area contributed by atoms with Crippen LogP contribution in [0.1, 0.15) is 30.5 Å². The van der Waals surface area contributed by atoms with Crippen molar-refractivity contribution in [2.24, 2.45) is 0 Å². The second kappa shape index (κ2) is 6.98. The van der Waals surface area contributed by atoms with Crippen LogP contribution in [-0.4, -0.2) is 31.3 Å². The van der Waals surface area contributed by atoms with Crippen LogP contribution in [-0.2, 0) is 19.6 Å². The second-order valence-corrected chi connectivity index (χ2v) is 7.92. The SMILES string of the molecule is CCOC(=O)[C@@H]1C[C@H](c2ccc(C)cc2)N1S(=O)(=O)c1ccccc1. The minimum absolute atomic E-state index is 0.182. The molecule has 6 heteroatoms. The van der Waals surface area contributed by atoms with Gasteiger partial charge in [0.2, 0.25) is 10.0 Å². The standard InChI is InChI=1S/C19H21NO4S/c1-3-24-19(21)18-13-17(15-11-9-14(2)10-12-15)20(18)25(22,23)16-7-5-4-6-8-16/h4-12,17-18H,3,13H2,1-2H3/t17-,18+/m1/s1. The van der Waals surface area contributed by atoms with Gasteiger partial charge in [0, 0.05) is 0 Å². The summed E-state index contributed by atoms with van der Waals surface area (Å²) in [6.45, 7) is 3.91. The number of rotatable bonds is 5. The van der Waals surface area contributed by atoms with E-state index in [4.69, 9.17) is 4.74 Å². The zero-order chi connectivity index (χ0) is 18.0. The molecule has 0 aliphatic carbocycles. The van der Waals surface area contributed by atoms with Crippen LogP contribution in [0.15, 0.2) is 59.5 Å². The van der Waals surface area contributed by atoms with Crippen molar-refractivity contribution >= 4 is 16.0 Å². The number of carbonyl (C=O) groups excluding carboxylic acids is 1. The molecule has 1 aliphatic heterocycles. The zero-order valence-corrected chi connectivity index (χ0v) is 15.1. The van der Waals surface area contributed by atoms with E-state index in [2.05, 4.69) is 0 Å². The number of benzene rings is 2. The molecule has 0 unspecified atom stereocenters. The molecule has 2 aromatic carbocycles. The molecule has 1 fully saturated rings. The third-order valence-corrected chi connectivity index (χ3v) is 6.33. The van der Waals surface area contributed by atoms with Gasteiger partial charge in [0.05, 0.1) is 17.5 Å². The number of hydrogen-bond acceptors (Lipinski definition) is 4. The Labute approximate surface area is 148 Å². The second-order valence-electron chi connectivity index (χ2n) is 6.08. The molecule has 0 amide bonds. The lowest BCUT2D eigenvalue weighted by molar-refractivity contribution is -0.153. The van der Waals surface area contributed by atoms with E-state index in [0.29, 0.717) is 6.42 Å². The van der Waals surface area contributed by atoms with E-state index in [1.165, 1.54) is 4.31 Å². The predicted octanol–water partition coefficient (Wildman–Crippen LogP) is 3.06. The average molecular weight is 359 g/mol. The first-order chi connectivity index (χ1) is 11.9. The smallest absolute Gasteiger partial charge is 0.324 e. The topological polar surface area (TPSA) is 63.7 Å². The fourth-order valence-corrected chi connectivity index (χ4v) is 4.85. The van der Waals surface area contributed by atoms with Crippen LogP contribution in [0, 0.1) is 6.92 Å². The number of hydrogen-bond donors (Lipinski definition) is 0. The van der Waals surface area contributed by atoms with E-state index in [1.54, 1.807) is 37.3 Å². The first kappa shape index (κ1) is 17.6. The molecule has 2 atom stereocenters. The lowest BCUT2D eigenvalue weighted by Gasteiger charge is -2.45. The summed E-state index contributed by atoms with van der Waals surface area (Å²) >= 11 is 0. The van der Waals surface area contributed by atoms with Gasteiger partial charge >= 0.3 is 5.97 Å². The Morgan fingerprint density at radius 2 is 1.76 bits per heavy atom. The number of ether oxygens (including phenoxy) is 1. The number of sulfonamides is 1. The minimum Gasteiger partial charge on any atom is -0.465 e. The highest BCUT2D eigenvalue weighted by atomic mass is 32.2. The summed E-state index contributed by atoms with van der Waals surface area (Å²) in [7, 11) is -3.79. The number of aryl methyl sites for hydroxylation is 1. The summed E-state index contributed by atoms with van der Waals surface area (Å²) in [5.74, 6) is -0.495. The van der Waals surface area contributed by atoms with Gasteiger partial charge in [-0.3, -0.25) is 4.79 Å². The van der Waals surface area contributed by atoms with E-state index in [9.17, 15) is 13.2 Å². The molecular weight excluding hydrogens is 338 g/mol. The fraction of sp³-hybridized carbons (Fsp3) is 0.316. The van der Waals surface area contributed by atoms with Crippen LogP contribution in [0.3, 0.4) is 0 Å². The lowest BCUT2D eigenvalue weighted by Crippen LogP contribution is -2.57. The van der Waals surface area contributed by atoms with E-state index >= 15 is 0 Å². The van der Waals surface area contributed by atoms with Crippen LogP contribution in [0.2, 0.25) is 0 Å². The monoisotopic (exact) mass is 359 g/mol. The van der Waals surface area contributed by atoms with E-state index < -0.39 is 22.0 Å². The zero-order valence-electron chi connectivity index (χ0n) is 14.3. The van der Waals surface area contributed by atoms with Gasteiger partial charge < -0.3 is 4.74 Å². The Bertz CT molecular complexity index is 847. The highest BCUT2D eigenvalue weighted by Gasteiger charge is 2.51. The van der Waals surface area contributed by atoms with Crippen molar-refractivity contribution in [3.63, 3.8) is 0 Å². The lowest BCUT2D eigenvalue weighted by atomic mass is 9.90. The van der Waals surface area contributed by atoms with Crippen molar-refractivity contribution in [1.82, 2.24) is 4.31 Å². The average Bonchev–Trinajstić information content (AvgIpc) is 2.56. The summed E-state index contributed by atoms with van der Waals surface area (Å²) in [6.07, 6.45) is 0.425. The Morgan fingerprint density at radius 1 is 1.12 bits per heavy atom. The van der Waals surface area contributed by atoms with Crippen LogP contribution in [0.5, 0.6) is 0 Å². The number of carbonyl (C=O) groups is 1. The largest absolute Gasteiger partial charge is 0.465 e. The summed E-state index contributed by atoms with van der Waals surface area (Å²) in [6, 6.07) is 14.8. The van der Waals surface area contributed by atoms with Gasteiger partial charge in [0.1, 0.15) is 6.04 Å². The van der Waals surface area contributed by atoms with Crippen molar-refractivity contribution in [1.29, 1.82) is 0 Å². The Morgan fingerprint density at radius 3 is 2.36 bits per heavy atom. The molecule has 0 radical (unpaired) electrons. The third-order valence-electron chi connectivity index (χ3n) is 4.40. The highest BCUT2D eigenvalue weighted by molar-refractivity contribution is 7.89. The first-order valence-electron chi connectivity index (χ1n) is 8.27. The summed E-state index contributed by atoms with van der Waals surface area (Å²) in [5.41, 5.74) is 1.98. The molecule has 0 spiro atoms. The van der Waals surface area contributed by atoms with Crippen molar-refractivity contribution in [2.45, 2.75) is 37.2 Å². The molecule has 25 heavy (non-hydrogen) atoms. The Hall–Kier alpha value is -2.18. The maximum atomic E-state index is 13.1. The molecule has 2 aromatic rings. The van der Waals surface area contributed by atoms with E-state index in [0.717, 1.165) is 11.1 Å². The summed E-state index contributed by atoms with van der Waals surface area (Å²) in [4.78, 5) is 12.4. The molecule has 1 heterocycles. The van der Waals surface area contributed by atoms with Gasteiger partial charge in [-0.05, 0) is 38.0 Å². The van der Waals surface area contributed by atoms with E-state index in [1.807, 2.05) is 31.2 Å². The van der Waals surface area contributed by atoms with E-state index in [-0.39, 0.29) is 17.5 Å². The normalized spacial score (nSPS) is 20.7. The number of esters is 1. The van der Waals surface area contributed by atoms with Crippen molar-refractivity contribution < 1.29 is 17.9 Å². The highest BCUT2D eigenvalue weighted by Crippen LogP contribution is 2.43. The van der Waals surface area contributed by atoms with Gasteiger partial charge in [0.25, 0.3) is 0 Å². The quantitative estimate of drug-likeness (QED) is 0.770. The minimum atomic E-state index is -3.79.